The molecular formula is C19H35NO. The van der Waals surface area contributed by atoms with Crippen molar-refractivity contribution in [2.45, 2.75) is 71.3 Å². The summed E-state index contributed by atoms with van der Waals surface area (Å²) in [5.41, 5.74) is 0.697. The molecule has 21 heavy (non-hydrogen) atoms. The summed E-state index contributed by atoms with van der Waals surface area (Å²) in [6, 6.07) is 0.696. The maximum absolute atomic E-state index is 5.31. The summed E-state index contributed by atoms with van der Waals surface area (Å²) < 4.78 is 5.31. The quantitative estimate of drug-likeness (QED) is 0.722. The van der Waals surface area contributed by atoms with Crippen LogP contribution in [0.25, 0.3) is 0 Å². The van der Waals surface area contributed by atoms with Crippen molar-refractivity contribution in [1.29, 1.82) is 0 Å². The van der Waals surface area contributed by atoms with Gasteiger partial charge in [-0.1, -0.05) is 13.8 Å². The van der Waals surface area contributed by atoms with Gasteiger partial charge in [-0.25, -0.2) is 0 Å². The lowest BCUT2D eigenvalue weighted by Crippen LogP contribution is -2.50. The fourth-order valence-electron chi connectivity index (χ4n) is 6.25. The van der Waals surface area contributed by atoms with E-state index in [9.17, 15) is 0 Å². The first-order valence-electron chi connectivity index (χ1n) is 9.36. The molecule has 0 aromatic rings. The van der Waals surface area contributed by atoms with Gasteiger partial charge in [0.2, 0.25) is 0 Å². The molecule has 2 nitrogen and oxygen atoms in total. The minimum Gasteiger partial charge on any atom is -0.385 e. The van der Waals surface area contributed by atoms with Crippen molar-refractivity contribution in [3.05, 3.63) is 0 Å². The molecule has 122 valence electrons. The van der Waals surface area contributed by atoms with Gasteiger partial charge in [0.05, 0.1) is 0 Å². The van der Waals surface area contributed by atoms with Gasteiger partial charge >= 0.3 is 0 Å². The zero-order valence-electron chi connectivity index (χ0n) is 14.4. The number of nitrogens with one attached hydrogen (secondary N) is 1. The minimum absolute atomic E-state index is 0.696. The van der Waals surface area contributed by atoms with Crippen molar-refractivity contribution in [2.75, 3.05) is 20.3 Å². The van der Waals surface area contributed by atoms with Crippen LogP contribution in [-0.2, 0) is 4.74 Å². The molecule has 0 amide bonds. The Bertz CT molecular complexity index is 305. The van der Waals surface area contributed by atoms with Gasteiger partial charge in [0.15, 0.2) is 0 Å². The second-order valence-electron chi connectivity index (χ2n) is 8.54. The monoisotopic (exact) mass is 293 g/mol. The maximum atomic E-state index is 5.31. The Morgan fingerprint density at radius 2 is 1.67 bits per heavy atom. The molecule has 4 aliphatic rings. The van der Waals surface area contributed by atoms with Crippen LogP contribution in [0, 0.1) is 29.1 Å². The van der Waals surface area contributed by atoms with Crippen LogP contribution in [0.1, 0.15) is 65.2 Å². The fraction of sp³-hybridized carbons (Fsp3) is 1.00. The highest BCUT2D eigenvalue weighted by atomic mass is 16.5. The van der Waals surface area contributed by atoms with E-state index >= 15 is 0 Å². The zero-order valence-corrected chi connectivity index (χ0v) is 14.4. The SMILES string of the molecule is CCNC(CC12CC3CC(CC(C3)C1)C2)C(C)CCOC. The molecule has 4 fully saturated rings. The highest BCUT2D eigenvalue weighted by Crippen LogP contribution is 2.61. The second kappa shape index (κ2) is 6.58. The fourth-order valence-corrected chi connectivity index (χ4v) is 6.25. The van der Waals surface area contributed by atoms with Crippen molar-refractivity contribution < 1.29 is 4.74 Å². The highest BCUT2D eigenvalue weighted by molar-refractivity contribution is 5.03. The average Bonchev–Trinajstić information content (AvgIpc) is 2.42. The molecule has 0 spiro atoms. The van der Waals surface area contributed by atoms with Gasteiger partial charge in [0.25, 0.3) is 0 Å². The number of hydrogen-bond donors (Lipinski definition) is 1. The molecular weight excluding hydrogens is 258 g/mol. The Hall–Kier alpha value is -0.0800. The molecule has 2 heteroatoms. The van der Waals surface area contributed by atoms with Crippen LogP contribution in [0.15, 0.2) is 0 Å². The van der Waals surface area contributed by atoms with Crippen LogP contribution in [0.3, 0.4) is 0 Å². The van der Waals surface area contributed by atoms with Gasteiger partial charge in [-0.2, -0.15) is 0 Å². The summed E-state index contributed by atoms with van der Waals surface area (Å²) in [5, 5.41) is 3.81. The Labute approximate surface area is 131 Å². The van der Waals surface area contributed by atoms with Crippen molar-refractivity contribution in [3.63, 3.8) is 0 Å². The van der Waals surface area contributed by atoms with E-state index in [0.29, 0.717) is 11.5 Å². The highest BCUT2D eigenvalue weighted by Gasteiger charge is 2.51. The third kappa shape index (κ3) is 3.47. The van der Waals surface area contributed by atoms with E-state index in [-0.39, 0.29) is 0 Å². The largest absolute Gasteiger partial charge is 0.385 e. The molecule has 1 N–H and O–H groups in total. The molecule has 2 atom stereocenters. The summed E-state index contributed by atoms with van der Waals surface area (Å²) in [4.78, 5) is 0. The number of ether oxygens (including phenoxy) is 1. The zero-order chi connectivity index (χ0) is 14.9. The van der Waals surface area contributed by atoms with Gasteiger partial charge < -0.3 is 10.1 Å². The summed E-state index contributed by atoms with van der Waals surface area (Å²) >= 11 is 0. The molecule has 0 aromatic carbocycles. The molecule has 4 rings (SSSR count). The van der Waals surface area contributed by atoms with E-state index in [2.05, 4.69) is 19.2 Å². The third-order valence-corrected chi connectivity index (χ3v) is 6.75. The Morgan fingerprint density at radius 3 is 2.14 bits per heavy atom. The number of methoxy groups -OCH3 is 1. The maximum Gasteiger partial charge on any atom is 0.0465 e. The lowest BCUT2D eigenvalue weighted by molar-refractivity contribution is -0.0650. The molecule has 0 aliphatic heterocycles. The van der Waals surface area contributed by atoms with Gasteiger partial charge in [-0.3, -0.25) is 0 Å². The van der Waals surface area contributed by atoms with Gasteiger partial charge in [-0.15, -0.1) is 0 Å². The number of rotatable bonds is 8. The van der Waals surface area contributed by atoms with E-state index in [1.54, 1.807) is 38.5 Å². The van der Waals surface area contributed by atoms with Crippen LogP contribution in [0.4, 0.5) is 0 Å². The first-order chi connectivity index (χ1) is 10.1. The van der Waals surface area contributed by atoms with Crippen LogP contribution in [0.5, 0.6) is 0 Å². The predicted octanol–water partition coefficient (Wildman–Crippen LogP) is 4.24. The minimum atomic E-state index is 0.696. The van der Waals surface area contributed by atoms with Gasteiger partial charge in [-0.05, 0) is 87.0 Å². The van der Waals surface area contributed by atoms with E-state index in [1.807, 2.05) is 7.11 Å². The normalized spacial score (nSPS) is 40.4. The predicted molar refractivity (Wildman–Crippen MR) is 88.3 cm³/mol. The topological polar surface area (TPSA) is 21.3 Å². The Kier molecular flexibility index (Phi) is 4.95. The Morgan fingerprint density at radius 1 is 1.10 bits per heavy atom. The lowest BCUT2D eigenvalue weighted by Gasteiger charge is -2.58. The van der Waals surface area contributed by atoms with Crippen LogP contribution < -0.4 is 5.32 Å². The van der Waals surface area contributed by atoms with Crippen LogP contribution in [0.2, 0.25) is 0 Å². The standard InChI is InChI=1S/C19H35NO/c1-4-20-18(14(2)5-6-21-3)13-19-10-15-7-16(11-19)9-17(8-15)12-19/h14-18,20H,4-13H2,1-3H3. The Balaban J connectivity index is 1.64. The van der Waals surface area contributed by atoms with Crippen LogP contribution in [-0.4, -0.2) is 26.3 Å². The van der Waals surface area contributed by atoms with E-state index in [0.717, 1.165) is 36.8 Å². The van der Waals surface area contributed by atoms with E-state index in [1.165, 1.54) is 12.8 Å². The van der Waals surface area contributed by atoms with Crippen molar-refractivity contribution >= 4 is 0 Å². The summed E-state index contributed by atoms with van der Waals surface area (Å²) in [6.45, 7) is 6.70. The molecule has 0 radical (unpaired) electrons. The summed E-state index contributed by atoms with van der Waals surface area (Å²) in [5.74, 6) is 3.96. The summed E-state index contributed by atoms with van der Waals surface area (Å²) in [6.07, 6.45) is 11.9. The average molecular weight is 293 g/mol. The molecule has 0 saturated heterocycles. The third-order valence-electron chi connectivity index (χ3n) is 6.75. The molecule has 2 unspecified atom stereocenters. The first kappa shape index (κ1) is 15.8. The van der Waals surface area contributed by atoms with E-state index < -0.39 is 0 Å². The molecule has 4 saturated carbocycles. The summed E-state index contributed by atoms with van der Waals surface area (Å²) in [7, 11) is 1.83. The van der Waals surface area contributed by atoms with Crippen molar-refractivity contribution in [3.8, 4) is 0 Å². The van der Waals surface area contributed by atoms with Gasteiger partial charge in [0, 0.05) is 19.8 Å². The van der Waals surface area contributed by atoms with E-state index in [4.69, 9.17) is 4.74 Å². The second-order valence-corrected chi connectivity index (χ2v) is 8.54. The first-order valence-corrected chi connectivity index (χ1v) is 9.36. The van der Waals surface area contributed by atoms with Crippen LogP contribution >= 0.6 is 0 Å². The molecule has 0 heterocycles. The molecule has 4 bridgehead atoms. The van der Waals surface area contributed by atoms with Crippen molar-refractivity contribution in [2.24, 2.45) is 29.1 Å². The smallest absolute Gasteiger partial charge is 0.0465 e. The number of hydrogen-bond acceptors (Lipinski definition) is 2. The van der Waals surface area contributed by atoms with Gasteiger partial charge in [0.1, 0.15) is 0 Å². The molecule has 0 aromatic heterocycles. The lowest BCUT2D eigenvalue weighted by atomic mass is 9.48. The molecule has 4 aliphatic carbocycles. The van der Waals surface area contributed by atoms with Crippen molar-refractivity contribution in [1.82, 2.24) is 5.32 Å².